The SMILES string of the molecule is O=C(Nc1cccc(Oc2cc(-c3ccno3)ncn2)c1)Nc1ccc(Cl)c(C(F)(F)F)c1. The summed E-state index contributed by atoms with van der Waals surface area (Å²) in [5.74, 6) is 1.00. The van der Waals surface area contributed by atoms with Gasteiger partial charge in [-0.25, -0.2) is 14.8 Å². The van der Waals surface area contributed by atoms with Crippen molar-refractivity contribution in [1.29, 1.82) is 0 Å². The predicted molar refractivity (Wildman–Crippen MR) is 113 cm³/mol. The van der Waals surface area contributed by atoms with Gasteiger partial charge < -0.3 is 19.9 Å². The van der Waals surface area contributed by atoms with E-state index in [1.807, 2.05) is 0 Å². The molecule has 168 valence electrons. The van der Waals surface area contributed by atoms with Crippen LogP contribution in [-0.2, 0) is 6.18 Å². The number of hydrogen-bond acceptors (Lipinski definition) is 6. The molecule has 2 heterocycles. The Morgan fingerprint density at radius 1 is 1.00 bits per heavy atom. The molecule has 0 saturated carbocycles. The maximum atomic E-state index is 13.0. The van der Waals surface area contributed by atoms with Gasteiger partial charge in [0.25, 0.3) is 0 Å². The molecule has 2 N–H and O–H groups in total. The van der Waals surface area contributed by atoms with Crippen molar-refractivity contribution in [3.8, 4) is 23.1 Å². The second-order valence-electron chi connectivity index (χ2n) is 6.52. The molecule has 0 aliphatic rings. The highest BCUT2D eigenvalue weighted by molar-refractivity contribution is 6.31. The first-order chi connectivity index (χ1) is 15.8. The van der Waals surface area contributed by atoms with Crippen LogP contribution < -0.4 is 15.4 Å². The fourth-order valence-electron chi connectivity index (χ4n) is 2.75. The number of nitrogens with zero attached hydrogens (tertiary/aromatic N) is 3. The van der Waals surface area contributed by atoms with Crippen LogP contribution in [0.25, 0.3) is 11.5 Å². The van der Waals surface area contributed by atoms with Crippen LogP contribution in [-0.4, -0.2) is 21.2 Å². The highest BCUT2D eigenvalue weighted by Gasteiger charge is 2.33. The first-order valence-corrected chi connectivity index (χ1v) is 9.61. The Morgan fingerprint density at radius 3 is 2.52 bits per heavy atom. The highest BCUT2D eigenvalue weighted by Crippen LogP contribution is 2.36. The molecule has 0 bridgehead atoms. The molecule has 0 fully saturated rings. The fraction of sp³-hybridized carbons (Fsp3) is 0.0476. The Balaban J connectivity index is 1.44. The number of hydrogen-bond donors (Lipinski definition) is 2. The lowest BCUT2D eigenvalue weighted by Gasteiger charge is -2.13. The molecule has 2 aromatic heterocycles. The average molecular weight is 476 g/mol. The van der Waals surface area contributed by atoms with Crippen LogP contribution in [0.2, 0.25) is 5.02 Å². The largest absolute Gasteiger partial charge is 0.439 e. The lowest BCUT2D eigenvalue weighted by atomic mass is 10.2. The number of urea groups is 1. The molecule has 8 nitrogen and oxygen atoms in total. The van der Waals surface area contributed by atoms with E-state index in [2.05, 4.69) is 25.8 Å². The summed E-state index contributed by atoms with van der Waals surface area (Å²) in [7, 11) is 0. The molecule has 0 aliphatic carbocycles. The normalized spacial score (nSPS) is 11.2. The van der Waals surface area contributed by atoms with E-state index in [9.17, 15) is 18.0 Å². The van der Waals surface area contributed by atoms with Crippen molar-refractivity contribution < 1.29 is 27.2 Å². The van der Waals surface area contributed by atoms with Gasteiger partial charge in [-0.1, -0.05) is 22.8 Å². The zero-order chi connectivity index (χ0) is 23.4. The summed E-state index contributed by atoms with van der Waals surface area (Å²) < 4.78 is 49.7. The minimum Gasteiger partial charge on any atom is -0.439 e. The van der Waals surface area contributed by atoms with Gasteiger partial charge in [-0.15, -0.1) is 0 Å². The van der Waals surface area contributed by atoms with Gasteiger partial charge >= 0.3 is 12.2 Å². The van der Waals surface area contributed by atoms with E-state index in [1.165, 1.54) is 24.7 Å². The Bertz CT molecular complexity index is 1280. The average Bonchev–Trinajstić information content (AvgIpc) is 3.30. The quantitative estimate of drug-likeness (QED) is 0.354. The predicted octanol–water partition coefficient (Wildman–Crippen LogP) is 6.24. The van der Waals surface area contributed by atoms with E-state index in [1.54, 1.807) is 30.3 Å². The maximum Gasteiger partial charge on any atom is 0.417 e. The summed E-state index contributed by atoms with van der Waals surface area (Å²) >= 11 is 5.59. The summed E-state index contributed by atoms with van der Waals surface area (Å²) in [6.45, 7) is 0. The number of amides is 2. The van der Waals surface area contributed by atoms with Crippen LogP contribution in [0.4, 0.5) is 29.3 Å². The van der Waals surface area contributed by atoms with Gasteiger partial charge in [-0.3, -0.25) is 0 Å². The minimum absolute atomic E-state index is 0.0717. The maximum absolute atomic E-state index is 13.0. The molecule has 4 rings (SSSR count). The number of carbonyl (C=O) groups excluding carboxylic acids is 1. The van der Waals surface area contributed by atoms with E-state index in [-0.39, 0.29) is 11.6 Å². The standard InChI is InChI=1S/C21H13ClF3N5O3/c22-16-5-4-13(9-15(16)21(23,24)25)30-20(31)29-12-2-1-3-14(8-12)32-19-10-17(26-11-27-19)18-6-7-28-33-18/h1-11H,(H2,29,30,31). The smallest absolute Gasteiger partial charge is 0.417 e. The molecule has 0 unspecified atom stereocenters. The van der Waals surface area contributed by atoms with Crippen molar-refractivity contribution in [2.45, 2.75) is 6.18 Å². The molecule has 33 heavy (non-hydrogen) atoms. The van der Waals surface area contributed by atoms with Gasteiger partial charge in [0.05, 0.1) is 16.8 Å². The van der Waals surface area contributed by atoms with Gasteiger partial charge in [-0.05, 0) is 30.3 Å². The van der Waals surface area contributed by atoms with Crippen molar-refractivity contribution in [1.82, 2.24) is 15.1 Å². The highest BCUT2D eigenvalue weighted by atomic mass is 35.5. The van der Waals surface area contributed by atoms with E-state index >= 15 is 0 Å². The zero-order valence-corrected chi connectivity index (χ0v) is 17.2. The van der Waals surface area contributed by atoms with E-state index < -0.39 is 22.8 Å². The number of alkyl halides is 3. The number of carbonyl (C=O) groups is 1. The van der Waals surface area contributed by atoms with Gasteiger partial charge in [0.1, 0.15) is 17.8 Å². The molecule has 2 amide bonds. The van der Waals surface area contributed by atoms with E-state index in [0.29, 0.717) is 22.9 Å². The van der Waals surface area contributed by atoms with Crippen molar-refractivity contribution in [2.75, 3.05) is 10.6 Å². The van der Waals surface area contributed by atoms with Crippen molar-refractivity contribution in [3.63, 3.8) is 0 Å². The number of benzene rings is 2. The topological polar surface area (TPSA) is 102 Å². The summed E-state index contributed by atoms with van der Waals surface area (Å²) in [6.07, 6.45) is -1.87. The third-order valence-electron chi connectivity index (χ3n) is 4.18. The second kappa shape index (κ2) is 9.17. The van der Waals surface area contributed by atoms with Gasteiger partial charge in [0.15, 0.2) is 5.76 Å². The van der Waals surface area contributed by atoms with Gasteiger partial charge in [0, 0.05) is 29.6 Å². The summed E-state index contributed by atoms with van der Waals surface area (Å²) in [5.41, 5.74) is -0.323. The molecule has 2 aromatic carbocycles. The number of anilines is 2. The molecular formula is C21H13ClF3N5O3. The number of halogens is 4. The van der Waals surface area contributed by atoms with Gasteiger partial charge in [-0.2, -0.15) is 13.2 Å². The minimum atomic E-state index is -4.65. The van der Waals surface area contributed by atoms with Crippen LogP contribution >= 0.6 is 11.6 Å². The lowest BCUT2D eigenvalue weighted by molar-refractivity contribution is -0.137. The van der Waals surface area contributed by atoms with Crippen LogP contribution in [0.1, 0.15) is 5.56 Å². The lowest BCUT2D eigenvalue weighted by Crippen LogP contribution is -2.20. The van der Waals surface area contributed by atoms with Crippen LogP contribution in [0, 0.1) is 0 Å². The molecular weight excluding hydrogens is 463 g/mol. The Kier molecular flexibility index (Phi) is 6.13. The Hall–Kier alpha value is -4.12. The zero-order valence-electron chi connectivity index (χ0n) is 16.4. The third-order valence-corrected chi connectivity index (χ3v) is 4.51. The van der Waals surface area contributed by atoms with Gasteiger partial charge in [0.2, 0.25) is 5.88 Å². The third kappa shape index (κ3) is 5.57. The molecule has 0 aliphatic heterocycles. The molecule has 0 saturated heterocycles. The molecule has 0 spiro atoms. The first kappa shape index (κ1) is 22.1. The van der Waals surface area contributed by atoms with Crippen LogP contribution in [0.5, 0.6) is 11.6 Å². The monoisotopic (exact) mass is 475 g/mol. The van der Waals surface area contributed by atoms with Crippen molar-refractivity contribution in [3.05, 3.63) is 77.7 Å². The number of aromatic nitrogens is 3. The van der Waals surface area contributed by atoms with Crippen LogP contribution in [0.3, 0.4) is 0 Å². The molecule has 0 radical (unpaired) electrons. The Labute approximate surface area is 189 Å². The number of rotatable bonds is 5. The van der Waals surface area contributed by atoms with E-state index in [0.717, 1.165) is 12.1 Å². The summed E-state index contributed by atoms with van der Waals surface area (Å²) in [6, 6.07) is 11.8. The van der Waals surface area contributed by atoms with E-state index in [4.69, 9.17) is 20.9 Å². The summed E-state index contributed by atoms with van der Waals surface area (Å²) in [5, 5.41) is 8.01. The molecule has 4 aromatic rings. The van der Waals surface area contributed by atoms with Crippen molar-refractivity contribution in [2.24, 2.45) is 0 Å². The second-order valence-corrected chi connectivity index (χ2v) is 6.93. The molecule has 12 heteroatoms. The van der Waals surface area contributed by atoms with Crippen molar-refractivity contribution >= 4 is 29.0 Å². The van der Waals surface area contributed by atoms with Crippen LogP contribution in [0.15, 0.2) is 71.6 Å². The molecule has 0 atom stereocenters. The number of nitrogens with one attached hydrogen (secondary N) is 2. The fourth-order valence-corrected chi connectivity index (χ4v) is 2.97. The Morgan fingerprint density at radius 2 is 1.79 bits per heavy atom. The number of ether oxygens (including phenoxy) is 1. The summed E-state index contributed by atoms with van der Waals surface area (Å²) in [4.78, 5) is 20.4. The first-order valence-electron chi connectivity index (χ1n) is 9.24.